The highest BCUT2D eigenvalue weighted by Gasteiger charge is 2.16. The number of hydrogen-bond donors (Lipinski definition) is 1. The fraction of sp³-hybridized carbons (Fsp3) is 0.276. The van der Waals surface area contributed by atoms with E-state index in [1.54, 1.807) is 0 Å². The second-order valence-electron chi connectivity index (χ2n) is 8.99. The molecule has 0 saturated heterocycles. The molecule has 35 heavy (non-hydrogen) atoms. The largest absolute Gasteiger partial charge is 0.490 e. The van der Waals surface area contributed by atoms with Gasteiger partial charge >= 0.3 is 0 Å². The smallest absolute Gasteiger partial charge is 0.227 e. The maximum Gasteiger partial charge on any atom is 0.227 e. The van der Waals surface area contributed by atoms with E-state index in [9.17, 15) is 9.59 Å². The Kier molecular flexibility index (Phi) is 7.19. The average Bonchev–Trinajstić information content (AvgIpc) is 3.53. The minimum atomic E-state index is -0.194. The number of hydrogen-bond acceptors (Lipinski definition) is 5. The summed E-state index contributed by atoms with van der Waals surface area (Å²) in [4.78, 5) is 29.4. The van der Waals surface area contributed by atoms with Crippen LogP contribution in [-0.2, 0) is 22.4 Å². The fourth-order valence-electron chi connectivity index (χ4n) is 4.43. The van der Waals surface area contributed by atoms with Crippen LogP contribution in [0.3, 0.4) is 0 Å². The molecule has 1 fully saturated rings. The van der Waals surface area contributed by atoms with Crippen LogP contribution in [0.5, 0.6) is 5.75 Å². The maximum atomic E-state index is 12.4. The van der Waals surface area contributed by atoms with E-state index < -0.39 is 0 Å². The summed E-state index contributed by atoms with van der Waals surface area (Å²) in [6.45, 7) is 0.0161. The van der Waals surface area contributed by atoms with Crippen molar-refractivity contribution in [3.05, 3.63) is 83.4 Å². The van der Waals surface area contributed by atoms with Gasteiger partial charge in [0, 0.05) is 6.42 Å². The first kappa shape index (κ1) is 23.2. The van der Waals surface area contributed by atoms with E-state index in [1.165, 1.54) is 24.2 Å². The molecule has 1 N–H and O–H groups in total. The highest BCUT2D eigenvalue weighted by Crippen LogP contribution is 2.28. The molecule has 1 amide bonds. The van der Waals surface area contributed by atoms with Gasteiger partial charge in [-0.1, -0.05) is 48.5 Å². The molecule has 0 aliphatic heterocycles. The van der Waals surface area contributed by atoms with Gasteiger partial charge in [-0.2, -0.15) is 0 Å². The van der Waals surface area contributed by atoms with Crippen LogP contribution in [0.2, 0.25) is 0 Å². The predicted octanol–water partition coefficient (Wildman–Crippen LogP) is 5.76. The molecule has 6 heteroatoms. The molecule has 1 saturated carbocycles. The topological polar surface area (TPSA) is 68.3 Å². The van der Waals surface area contributed by atoms with Crippen molar-refractivity contribution in [3.8, 4) is 16.9 Å². The Morgan fingerprint density at radius 3 is 2.46 bits per heavy atom. The molecule has 0 atom stereocenters. The number of thiazole rings is 1. The van der Waals surface area contributed by atoms with Crippen LogP contribution < -0.4 is 10.1 Å². The van der Waals surface area contributed by atoms with Crippen LogP contribution in [0.4, 0.5) is 0 Å². The molecule has 1 heterocycles. The summed E-state index contributed by atoms with van der Waals surface area (Å²) in [5, 5.41) is 3.49. The summed E-state index contributed by atoms with van der Waals surface area (Å²) in [5.41, 5.74) is 4.08. The predicted molar refractivity (Wildman–Crippen MR) is 140 cm³/mol. The second-order valence-corrected chi connectivity index (χ2v) is 10.1. The van der Waals surface area contributed by atoms with Gasteiger partial charge in [-0.15, -0.1) is 11.3 Å². The Bertz CT molecular complexity index is 1310. The molecule has 0 spiro atoms. The van der Waals surface area contributed by atoms with Gasteiger partial charge in [0.2, 0.25) is 5.91 Å². The normalized spacial score (nSPS) is 13.7. The zero-order chi connectivity index (χ0) is 24.0. The third-order valence-electron chi connectivity index (χ3n) is 6.26. The minimum Gasteiger partial charge on any atom is -0.490 e. The summed E-state index contributed by atoms with van der Waals surface area (Å²) in [5.74, 6) is 0.633. The van der Waals surface area contributed by atoms with Gasteiger partial charge in [0.05, 0.1) is 29.3 Å². The number of nitrogens with one attached hydrogen (secondary N) is 1. The van der Waals surface area contributed by atoms with Crippen LogP contribution >= 0.6 is 11.3 Å². The lowest BCUT2D eigenvalue weighted by atomic mass is 10.1. The van der Waals surface area contributed by atoms with Gasteiger partial charge in [-0.3, -0.25) is 9.59 Å². The lowest BCUT2D eigenvalue weighted by Crippen LogP contribution is -2.31. The molecule has 1 aliphatic carbocycles. The number of ether oxygens (including phenoxy) is 1. The molecular formula is C29H28N2O3S. The number of carbonyl (C=O) groups is 2. The van der Waals surface area contributed by atoms with Gasteiger partial charge in [-0.25, -0.2) is 4.98 Å². The molecule has 0 radical (unpaired) electrons. The van der Waals surface area contributed by atoms with Crippen molar-refractivity contribution in [1.29, 1.82) is 0 Å². The number of nitrogens with zero attached hydrogens (tertiary/aromatic N) is 1. The van der Waals surface area contributed by atoms with Crippen LogP contribution in [0, 0.1) is 0 Å². The lowest BCUT2D eigenvalue weighted by Gasteiger charge is -2.13. The Hall–Kier alpha value is -3.51. The van der Waals surface area contributed by atoms with Crippen molar-refractivity contribution < 1.29 is 14.3 Å². The van der Waals surface area contributed by atoms with Crippen molar-refractivity contribution in [2.24, 2.45) is 0 Å². The van der Waals surface area contributed by atoms with Crippen LogP contribution in [0.15, 0.2) is 72.8 Å². The molecule has 0 unspecified atom stereocenters. The Morgan fingerprint density at radius 2 is 1.69 bits per heavy atom. The molecule has 1 aliphatic rings. The van der Waals surface area contributed by atoms with Crippen molar-refractivity contribution in [2.45, 2.75) is 44.6 Å². The summed E-state index contributed by atoms with van der Waals surface area (Å²) in [6, 6.07) is 24.0. The fourth-order valence-corrected chi connectivity index (χ4v) is 5.44. The number of ketones is 1. The summed E-state index contributed by atoms with van der Waals surface area (Å²) >= 11 is 1.52. The zero-order valence-electron chi connectivity index (χ0n) is 19.5. The van der Waals surface area contributed by atoms with E-state index in [1.807, 2.05) is 54.6 Å². The SMILES string of the molecule is O=C(CNC(=O)Cc1nc2ccc(-c3ccccc3)cc2s1)Cc1ccc(OC2CCCC2)cc1. The van der Waals surface area contributed by atoms with Gasteiger partial charge in [0.1, 0.15) is 10.8 Å². The third kappa shape index (κ3) is 6.14. The number of fused-ring (bicyclic) bond motifs is 1. The molecule has 5 nitrogen and oxygen atoms in total. The summed E-state index contributed by atoms with van der Waals surface area (Å²) in [7, 11) is 0. The molecule has 3 aromatic carbocycles. The van der Waals surface area contributed by atoms with Crippen molar-refractivity contribution in [1.82, 2.24) is 10.3 Å². The van der Waals surface area contributed by atoms with Gasteiger partial charge in [0.15, 0.2) is 5.78 Å². The molecule has 5 rings (SSSR count). The highest BCUT2D eigenvalue weighted by atomic mass is 32.1. The van der Waals surface area contributed by atoms with E-state index in [-0.39, 0.29) is 31.1 Å². The first-order chi connectivity index (χ1) is 17.1. The minimum absolute atomic E-state index is 0.0161. The van der Waals surface area contributed by atoms with Gasteiger partial charge in [0.25, 0.3) is 0 Å². The second kappa shape index (κ2) is 10.8. The van der Waals surface area contributed by atoms with E-state index >= 15 is 0 Å². The van der Waals surface area contributed by atoms with Crippen molar-refractivity contribution in [3.63, 3.8) is 0 Å². The van der Waals surface area contributed by atoms with Gasteiger partial charge < -0.3 is 10.1 Å². The average molecular weight is 485 g/mol. The number of aromatic nitrogens is 1. The quantitative estimate of drug-likeness (QED) is 0.328. The monoisotopic (exact) mass is 484 g/mol. The number of amides is 1. The van der Waals surface area contributed by atoms with E-state index in [2.05, 4.69) is 28.5 Å². The van der Waals surface area contributed by atoms with Gasteiger partial charge in [-0.05, 0) is 66.6 Å². The third-order valence-corrected chi connectivity index (χ3v) is 7.28. The van der Waals surface area contributed by atoms with E-state index in [4.69, 9.17) is 4.74 Å². The van der Waals surface area contributed by atoms with Crippen LogP contribution in [-0.4, -0.2) is 29.3 Å². The molecule has 178 valence electrons. The standard InChI is InChI=1S/C29H28N2O3S/c32-23(16-20-10-13-25(14-11-20)34-24-8-4-5-9-24)19-30-28(33)18-29-31-26-15-12-22(17-27(26)35-29)21-6-2-1-3-7-21/h1-3,6-7,10-15,17,24H,4-5,8-9,16,18-19H2,(H,30,33). The van der Waals surface area contributed by atoms with Crippen LogP contribution in [0.25, 0.3) is 21.3 Å². The first-order valence-electron chi connectivity index (χ1n) is 12.1. The number of benzene rings is 3. The number of Topliss-reactive ketones (excluding diaryl/α,β-unsaturated/α-hetero) is 1. The molecule has 0 bridgehead atoms. The van der Waals surface area contributed by atoms with Crippen molar-refractivity contribution in [2.75, 3.05) is 6.54 Å². The Balaban J connectivity index is 1.11. The van der Waals surface area contributed by atoms with Crippen molar-refractivity contribution >= 4 is 33.2 Å². The molecular weight excluding hydrogens is 456 g/mol. The van der Waals surface area contributed by atoms with E-state index in [0.717, 1.165) is 50.5 Å². The zero-order valence-corrected chi connectivity index (χ0v) is 20.4. The Morgan fingerprint density at radius 1 is 0.914 bits per heavy atom. The van der Waals surface area contributed by atoms with E-state index in [0.29, 0.717) is 6.10 Å². The Labute approximate surface area is 209 Å². The molecule has 1 aromatic heterocycles. The van der Waals surface area contributed by atoms with Crippen LogP contribution in [0.1, 0.15) is 36.3 Å². The number of rotatable bonds is 9. The summed E-state index contributed by atoms with van der Waals surface area (Å²) < 4.78 is 7.02. The maximum absolute atomic E-state index is 12.4. The summed E-state index contributed by atoms with van der Waals surface area (Å²) in [6.07, 6.45) is 5.47. The lowest BCUT2D eigenvalue weighted by molar-refractivity contribution is -0.124. The molecule has 4 aromatic rings. The first-order valence-corrected chi connectivity index (χ1v) is 12.9. The highest BCUT2D eigenvalue weighted by molar-refractivity contribution is 7.18. The number of carbonyl (C=O) groups excluding carboxylic acids is 2.